The Morgan fingerprint density at radius 2 is 1.91 bits per heavy atom. The molecule has 4 nitrogen and oxygen atoms in total. The van der Waals surface area contributed by atoms with Crippen LogP contribution in [-0.4, -0.2) is 14.6 Å². The van der Waals surface area contributed by atoms with E-state index in [-0.39, 0.29) is 5.56 Å². The molecule has 2 aromatic heterocycles. The topological polar surface area (TPSA) is 47.3 Å². The zero-order valence-electron chi connectivity index (χ0n) is 11.8. The average molecular weight is 340 g/mol. The first kappa shape index (κ1) is 14.1. The smallest absolute Gasteiger partial charge is 0.266 e. The van der Waals surface area contributed by atoms with Crippen LogP contribution in [-0.2, 0) is 0 Å². The highest BCUT2D eigenvalue weighted by atomic mass is 35.5. The number of fused-ring (bicyclic) bond motifs is 1. The second kappa shape index (κ2) is 5.61. The van der Waals surface area contributed by atoms with E-state index in [9.17, 15) is 4.79 Å². The largest absolute Gasteiger partial charge is 0.291 e. The first-order chi connectivity index (χ1) is 11.2. The molecule has 2 aromatic carbocycles. The van der Waals surface area contributed by atoms with Crippen molar-refractivity contribution in [1.82, 2.24) is 14.6 Å². The maximum absolute atomic E-state index is 12.5. The van der Waals surface area contributed by atoms with Gasteiger partial charge in [0.05, 0.1) is 4.53 Å². The molecule has 0 saturated heterocycles. The number of hydrogen-bond donors (Lipinski definition) is 0. The molecule has 112 valence electrons. The third kappa shape index (κ3) is 2.65. The predicted molar refractivity (Wildman–Crippen MR) is 92.8 cm³/mol. The van der Waals surface area contributed by atoms with E-state index in [2.05, 4.69) is 10.1 Å². The molecular weight excluding hydrogens is 330 g/mol. The third-order valence-corrected chi connectivity index (χ3v) is 4.55. The Labute approximate surface area is 140 Å². The zero-order chi connectivity index (χ0) is 15.8. The Morgan fingerprint density at radius 1 is 1.09 bits per heavy atom. The Bertz CT molecular complexity index is 1100. The number of rotatable bonds is 2. The van der Waals surface area contributed by atoms with Crippen molar-refractivity contribution in [2.45, 2.75) is 0 Å². The highest BCUT2D eigenvalue weighted by Crippen LogP contribution is 2.16. The molecule has 0 aliphatic rings. The molecule has 0 saturated carbocycles. The molecule has 4 aromatic rings. The van der Waals surface area contributed by atoms with Crippen molar-refractivity contribution >= 4 is 34.0 Å². The fraction of sp³-hybridized carbons (Fsp3) is 0. The molecule has 0 fully saturated rings. The molecule has 0 radical (unpaired) electrons. The van der Waals surface area contributed by atoms with E-state index in [1.165, 1.54) is 15.9 Å². The fourth-order valence-electron chi connectivity index (χ4n) is 2.29. The van der Waals surface area contributed by atoms with Gasteiger partial charge in [-0.1, -0.05) is 65.4 Å². The van der Waals surface area contributed by atoms with Crippen LogP contribution in [0.5, 0.6) is 0 Å². The molecule has 0 atom stereocenters. The summed E-state index contributed by atoms with van der Waals surface area (Å²) in [5.41, 5.74) is 1.60. The molecule has 0 amide bonds. The van der Waals surface area contributed by atoms with E-state index in [0.717, 1.165) is 11.1 Å². The quantitative estimate of drug-likeness (QED) is 0.564. The van der Waals surface area contributed by atoms with E-state index >= 15 is 0 Å². The van der Waals surface area contributed by atoms with Gasteiger partial charge in [-0.15, -0.1) is 5.10 Å². The van der Waals surface area contributed by atoms with Crippen molar-refractivity contribution < 1.29 is 0 Å². The molecule has 0 spiro atoms. The van der Waals surface area contributed by atoms with Gasteiger partial charge in [0.25, 0.3) is 5.56 Å². The molecule has 6 heteroatoms. The maximum atomic E-state index is 12.5. The van der Waals surface area contributed by atoms with E-state index in [1.807, 2.05) is 48.5 Å². The van der Waals surface area contributed by atoms with Gasteiger partial charge in [0.2, 0.25) is 4.96 Å². The van der Waals surface area contributed by atoms with E-state index in [4.69, 9.17) is 11.6 Å². The lowest BCUT2D eigenvalue weighted by molar-refractivity contribution is 0.937. The maximum Gasteiger partial charge on any atom is 0.291 e. The van der Waals surface area contributed by atoms with E-state index < -0.39 is 0 Å². The van der Waals surface area contributed by atoms with Crippen molar-refractivity contribution in [3.8, 4) is 11.4 Å². The minimum atomic E-state index is -0.167. The zero-order valence-corrected chi connectivity index (χ0v) is 13.4. The number of nitrogens with zero attached hydrogens (tertiary/aromatic N) is 3. The van der Waals surface area contributed by atoms with Crippen molar-refractivity contribution in [3.05, 3.63) is 80.1 Å². The summed E-state index contributed by atoms with van der Waals surface area (Å²) < 4.78 is 1.94. The SMILES string of the molecule is O=c1c(=Cc2cccc(Cl)c2)sc2nc(-c3ccccc3)nn12. The van der Waals surface area contributed by atoms with Gasteiger partial charge < -0.3 is 0 Å². The van der Waals surface area contributed by atoms with Gasteiger partial charge in [0, 0.05) is 10.6 Å². The van der Waals surface area contributed by atoms with Crippen molar-refractivity contribution in [2.24, 2.45) is 0 Å². The predicted octanol–water partition coefficient (Wildman–Crippen LogP) is 3.02. The number of halogens is 1. The minimum absolute atomic E-state index is 0.167. The summed E-state index contributed by atoms with van der Waals surface area (Å²) in [4.78, 5) is 17.5. The van der Waals surface area contributed by atoms with Crippen LogP contribution in [0.4, 0.5) is 0 Å². The van der Waals surface area contributed by atoms with Gasteiger partial charge >= 0.3 is 0 Å². The minimum Gasteiger partial charge on any atom is -0.266 e. The van der Waals surface area contributed by atoms with Gasteiger partial charge in [0.1, 0.15) is 0 Å². The molecule has 0 unspecified atom stereocenters. The highest BCUT2D eigenvalue weighted by molar-refractivity contribution is 7.15. The highest BCUT2D eigenvalue weighted by Gasteiger charge is 2.11. The molecule has 0 bridgehead atoms. The number of thiazole rings is 1. The van der Waals surface area contributed by atoms with Gasteiger partial charge in [-0.3, -0.25) is 4.79 Å². The number of benzene rings is 2. The van der Waals surface area contributed by atoms with Crippen LogP contribution in [0.25, 0.3) is 22.4 Å². The van der Waals surface area contributed by atoms with Crippen LogP contribution in [0.3, 0.4) is 0 Å². The second-order valence-corrected chi connectivity index (χ2v) is 6.41. The second-order valence-electron chi connectivity index (χ2n) is 4.97. The first-order valence-electron chi connectivity index (χ1n) is 6.93. The van der Waals surface area contributed by atoms with Crippen LogP contribution < -0.4 is 10.1 Å². The monoisotopic (exact) mass is 339 g/mol. The summed E-state index contributed by atoms with van der Waals surface area (Å²) in [7, 11) is 0. The number of hydrogen-bond acceptors (Lipinski definition) is 4. The first-order valence-corrected chi connectivity index (χ1v) is 8.12. The molecule has 0 aliphatic carbocycles. The average Bonchev–Trinajstić information content (AvgIpc) is 3.09. The van der Waals surface area contributed by atoms with Crippen LogP contribution in [0.2, 0.25) is 5.02 Å². The van der Waals surface area contributed by atoms with E-state index in [0.29, 0.717) is 20.3 Å². The van der Waals surface area contributed by atoms with Crippen LogP contribution in [0.1, 0.15) is 5.56 Å². The van der Waals surface area contributed by atoms with Crippen molar-refractivity contribution in [1.29, 1.82) is 0 Å². The molecule has 0 aliphatic heterocycles. The molecule has 0 N–H and O–H groups in total. The summed E-state index contributed by atoms with van der Waals surface area (Å²) in [5.74, 6) is 0.559. The van der Waals surface area contributed by atoms with Gasteiger partial charge in [-0.05, 0) is 23.8 Å². The lowest BCUT2D eigenvalue weighted by Crippen LogP contribution is -2.23. The van der Waals surface area contributed by atoms with Crippen LogP contribution in [0, 0.1) is 0 Å². The van der Waals surface area contributed by atoms with Gasteiger partial charge in [-0.2, -0.15) is 9.50 Å². The summed E-state index contributed by atoms with van der Waals surface area (Å²) in [6.45, 7) is 0. The lowest BCUT2D eigenvalue weighted by Gasteiger charge is -1.92. The molecular formula is C17H10ClN3OS. The van der Waals surface area contributed by atoms with Crippen LogP contribution in [0.15, 0.2) is 59.4 Å². The molecule has 2 heterocycles. The summed E-state index contributed by atoms with van der Waals surface area (Å²) >= 11 is 7.29. The van der Waals surface area contributed by atoms with Crippen molar-refractivity contribution in [3.63, 3.8) is 0 Å². The third-order valence-electron chi connectivity index (χ3n) is 3.36. The summed E-state index contributed by atoms with van der Waals surface area (Å²) in [5, 5.41) is 4.96. The van der Waals surface area contributed by atoms with E-state index in [1.54, 1.807) is 12.1 Å². The normalized spacial score (nSPS) is 12.1. The summed E-state index contributed by atoms with van der Waals surface area (Å²) in [6.07, 6.45) is 1.80. The fourth-order valence-corrected chi connectivity index (χ4v) is 3.40. The molecule has 4 rings (SSSR count). The Morgan fingerprint density at radius 3 is 2.65 bits per heavy atom. The summed E-state index contributed by atoms with van der Waals surface area (Å²) in [6, 6.07) is 17.0. The Kier molecular flexibility index (Phi) is 3.44. The van der Waals surface area contributed by atoms with Gasteiger partial charge in [0.15, 0.2) is 5.82 Å². The van der Waals surface area contributed by atoms with Crippen molar-refractivity contribution in [2.75, 3.05) is 0 Å². The Hall–Kier alpha value is -2.50. The molecule has 23 heavy (non-hydrogen) atoms. The van der Waals surface area contributed by atoms with Gasteiger partial charge in [-0.25, -0.2) is 0 Å². The standard InChI is InChI=1S/C17H10ClN3OS/c18-13-8-4-5-11(9-13)10-14-16(22)21-17(23-14)19-15(20-21)12-6-2-1-3-7-12/h1-10H. The lowest BCUT2D eigenvalue weighted by atomic mass is 10.2. The Balaban J connectivity index is 1.84. The van der Waals surface area contributed by atoms with Crippen LogP contribution >= 0.6 is 22.9 Å². The number of aromatic nitrogens is 3.